The second-order valence-electron chi connectivity index (χ2n) is 3.76. The quantitative estimate of drug-likeness (QED) is 0.847. The van der Waals surface area contributed by atoms with Crippen LogP contribution in [-0.2, 0) is 4.79 Å². The molecule has 1 atom stereocenters. The SMILES string of the molecule is O=C(O)C(COc1ccc(OC(F)(F)F)cc1)C(F)(F)F. The van der Waals surface area contributed by atoms with Crippen molar-refractivity contribution in [2.45, 2.75) is 12.5 Å². The molecule has 1 aromatic rings. The molecule has 0 saturated carbocycles. The average Bonchev–Trinajstić information content (AvgIpc) is 2.27. The Kier molecular flexibility index (Phi) is 4.92. The largest absolute Gasteiger partial charge is 0.573 e. The Morgan fingerprint density at radius 3 is 1.90 bits per heavy atom. The molecule has 118 valence electrons. The lowest BCUT2D eigenvalue weighted by Crippen LogP contribution is -2.35. The van der Waals surface area contributed by atoms with E-state index in [1.165, 1.54) is 0 Å². The maximum absolute atomic E-state index is 12.3. The molecule has 1 rings (SSSR count). The van der Waals surface area contributed by atoms with E-state index < -0.39 is 36.8 Å². The average molecular weight is 318 g/mol. The third-order valence-corrected chi connectivity index (χ3v) is 2.17. The number of halogens is 6. The van der Waals surface area contributed by atoms with Gasteiger partial charge in [0.15, 0.2) is 5.92 Å². The van der Waals surface area contributed by atoms with E-state index in [2.05, 4.69) is 9.47 Å². The molecule has 21 heavy (non-hydrogen) atoms. The summed E-state index contributed by atoms with van der Waals surface area (Å²) in [5.41, 5.74) is 0. The molecule has 0 aromatic heterocycles. The molecule has 0 amide bonds. The Balaban J connectivity index is 2.66. The van der Waals surface area contributed by atoms with Crippen molar-refractivity contribution in [1.82, 2.24) is 0 Å². The van der Waals surface area contributed by atoms with Crippen molar-refractivity contribution in [2.24, 2.45) is 5.92 Å². The van der Waals surface area contributed by atoms with Gasteiger partial charge in [0.2, 0.25) is 0 Å². The molecule has 1 N–H and O–H groups in total. The van der Waals surface area contributed by atoms with E-state index in [-0.39, 0.29) is 5.75 Å². The maximum Gasteiger partial charge on any atom is 0.573 e. The van der Waals surface area contributed by atoms with Crippen LogP contribution in [0.15, 0.2) is 24.3 Å². The Morgan fingerprint density at radius 2 is 1.52 bits per heavy atom. The molecule has 0 spiro atoms. The van der Waals surface area contributed by atoms with Gasteiger partial charge in [0.25, 0.3) is 0 Å². The number of benzene rings is 1. The lowest BCUT2D eigenvalue weighted by molar-refractivity contribution is -0.274. The minimum absolute atomic E-state index is 0.222. The van der Waals surface area contributed by atoms with Gasteiger partial charge in [-0.3, -0.25) is 4.79 Å². The number of carboxylic acids is 1. The van der Waals surface area contributed by atoms with Gasteiger partial charge < -0.3 is 14.6 Å². The zero-order valence-corrected chi connectivity index (χ0v) is 10.0. The Hall–Kier alpha value is -2.13. The molecule has 4 nitrogen and oxygen atoms in total. The van der Waals surface area contributed by atoms with Crippen molar-refractivity contribution < 1.29 is 45.7 Å². The Bertz CT molecular complexity index is 479. The number of rotatable bonds is 5. The highest BCUT2D eigenvalue weighted by molar-refractivity contribution is 5.71. The highest BCUT2D eigenvalue weighted by atomic mass is 19.4. The van der Waals surface area contributed by atoms with Gasteiger partial charge in [-0.05, 0) is 24.3 Å². The molecule has 0 aliphatic heterocycles. The third kappa shape index (κ3) is 5.79. The van der Waals surface area contributed by atoms with Gasteiger partial charge in [0, 0.05) is 0 Å². The van der Waals surface area contributed by atoms with E-state index in [0.29, 0.717) is 0 Å². The number of ether oxygens (including phenoxy) is 2. The molecular weight excluding hydrogens is 310 g/mol. The lowest BCUT2D eigenvalue weighted by Gasteiger charge is -2.16. The number of aliphatic carboxylic acids is 1. The van der Waals surface area contributed by atoms with E-state index in [9.17, 15) is 31.1 Å². The second-order valence-corrected chi connectivity index (χ2v) is 3.76. The van der Waals surface area contributed by atoms with Crippen molar-refractivity contribution in [2.75, 3.05) is 6.61 Å². The van der Waals surface area contributed by atoms with Crippen molar-refractivity contribution >= 4 is 5.97 Å². The minimum Gasteiger partial charge on any atom is -0.492 e. The topological polar surface area (TPSA) is 55.8 Å². The molecular formula is C11H8F6O4. The highest BCUT2D eigenvalue weighted by Gasteiger charge is 2.45. The molecule has 0 aliphatic carbocycles. The number of hydrogen-bond donors (Lipinski definition) is 1. The highest BCUT2D eigenvalue weighted by Crippen LogP contribution is 2.28. The number of alkyl halides is 6. The first-order chi connectivity index (χ1) is 9.49. The summed E-state index contributed by atoms with van der Waals surface area (Å²) in [5, 5.41) is 8.41. The van der Waals surface area contributed by atoms with E-state index in [1.807, 2.05) is 0 Å². The fourth-order valence-electron chi connectivity index (χ4n) is 1.22. The van der Waals surface area contributed by atoms with Crippen LogP contribution in [0, 0.1) is 5.92 Å². The first-order valence-electron chi connectivity index (χ1n) is 5.27. The predicted octanol–water partition coefficient (Wildman–Crippen LogP) is 3.23. The van der Waals surface area contributed by atoms with Crippen molar-refractivity contribution in [3.63, 3.8) is 0 Å². The third-order valence-electron chi connectivity index (χ3n) is 2.17. The summed E-state index contributed by atoms with van der Waals surface area (Å²) >= 11 is 0. The van der Waals surface area contributed by atoms with Crippen LogP contribution in [0.1, 0.15) is 0 Å². The van der Waals surface area contributed by atoms with Gasteiger partial charge in [-0.15, -0.1) is 13.2 Å². The van der Waals surface area contributed by atoms with Crippen LogP contribution in [-0.4, -0.2) is 30.2 Å². The second kappa shape index (κ2) is 6.10. The van der Waals surface area contributed by atoms with Gasteiger partial charge in [0.05, 0.1) is 0 Å². The summed E-state index contributed by atoms with van der Waals surface area (Å²) in [7, 11) is 0. The maximum atomic E-state index is 12.3. The van der Waals surface area contributed by atoms with E-state index >= 15 is 0 Å². The lowest BCUT2D eigenvalue weighted by atomic mass is 10.1. The molecule has 0 fully saturated rings. The van der Waals surface area contributed by atoms with Crippen LogP contribution in [0.4, 0.5) is 26.3 Å². The zero-order valence-electron chi connectivity index (χ0n) is 10.0. The smallest absolute Gasteiger partial charge is 0.492 e. The molecule has 0 heterocycles. The molecule has 1 aromatic carbocycles. The van der Waals surface area contributed by atoms with Crippen molar-refractivity contribution in [1.29, 1.82) is 0 Å². The van der Waals surface area contributed by atoms with E-state index in [1.54, 1.807) is 0 Å². The normalized spacial score (nSPS) is 13.6. The fourth-order valence-corrected chi connectivity index (χ4v) is 1.22. The van der Waals surface area contributed by atoms with Crippen molar-refractivity contribution in [3.8, 4) is 11.5 Å². The molecule has 0 bridgehead atoms. The summed E-state index contributed by atoms with van der Waals surface area (Å²) < 4.78 is 80.7. The summed E-state index contributed by atoms with van der Waals surface area (Å²) in [6.45, 7) is -1.20. The number of carbonyl (C=O) groups is 1. The van der Waals surface area contributed by atoms with Crippen LogP contribution in [0.25, 0.3) is 0 Å². The first-order valence-corrected chi connectivity index (χ1v) is 5.27. The molecule has 1 unspecified atom stereocenters. The van der Waals surface area contributed by atoms with E-state index in [0.717, 1.165) is 24.3 Å². The van der Waals surface area contributed by atoms with Crippen LogP contribution < -0.4 is 9.47 Å². The molecule has 0 aliphatic rings. The number of hydrogen-bond acceptors (Lipinski definition) is 3. The van der Waals surface area contributed by atoms with Crippen molar-refractivity contribution in [3.05, 3.63) is 24.3 Å². The predicted molar refractivity (Wildman–Crippen MR) is 55.8 cm³/mol. The first kappa shape index (κ1) is 16.9. The summed E-state index contributed by atoms with van der Waals surface area (Å²) in [6, 6.07) is 3.51. The molecule has 0 saturated heterocycles. The van der Waals surface area contributed by atoms with Gasteiger partial charge in [-0.2, -0.15) is 13.2 Å². The van der Waals surface area contributed by atoms with Crippen LogP contribution in [0.2, 0.25) is 0 Å². The Labute approximate surface area is 113 Å². The molecule has 0 radical (unpaired) electrons. The fraction of sp³-hybridized carbons (Fsp3) is 0.364. The molecule has 10 heteroatoms. The summed E-state index contributed by atoms with van der Waals surface area (Å²) in [5.74, 6) is -5.65. The Morgan fingerprint density at radius 1 is 1.05 bits per heavy atom. The monoisotopic (exact) mass is 318 g/mol. The van der Waals surface area contributed by atoms with Crippen LogP contribution in [0.3, 0.4) is 0 Å². The van der Waals surface area contributed by atoms with Gasteiger partial charge in [-0.25, -0.2) is 0 Å². The van der Waals surface area contributed by atoms with E-state index in [4.69, 9.17) is 5.11 Å². The standard InChI is InChI=1S/C11H8F6O4/c12-10(13,14)8(9(18)19)5-20-6-1-3-7(4-2-6)21-11(15,16)17/h1-4,8H,5H2,(H,18,19). The minimum atomic E-state index is -4.99. The van der Waals surface area contributed by atoms with Gasteiger partial charge >= 0.3 is 18.5 Å². The van der Waals surface area contributed by atoms with Crippen LogP contribution >= 0.6 is 0 Å². The number of carboxylic acid groups (broad SMARTS) is 1. The van der Waals surface area contributed by atoms with Gasteiger partial charge in [-0.1, -0.05) is 0 Å². The van der Waals surface area contributed by atoms with Crippen LogP contribution in [0.5, 0.6) is 11.5 Å². The summed E-state index contributed by atoms with van der Waals surface area (Å²) in [6.07, 6.45) is -9.89. The zero-order chi connectivity index (χ0) is 16.3. The summed E-state index contributed by atoms with van der Waals surface area (Å²) in [4.78, 5) is 10.4. The van der Waals surface area contributed by atoms with Gasteiger partial charge in [0.1, 0.15) is 18.1 Å².